The molecule has 0 aromatic heterocycles. The van der Waals surface area contributed by atoms with Crippen molar-refractivity contribution in [2.45, 2.75) is 19.3 Å². The van der Waals surface area contributed by atoms with E-state index in [-0.39, 0.29) is 0 Å². The third-order valence-corrected chi connectivity index (χ3v) is 6.63. The first kappa shape index (κ1) is 25.5. The number of nitriles is 1. The average molecular weight is 488 g/mol. The summed E-state index contributed by atoms with van der Waals surface area (Å²) >= 11 is 0. The summed E-state index contributed by atoms with van der Waals surface area (Å²) in [6.45, 7) is 10.0. The molecule has 6 nitrogen and oxygen atoms in total. The van der Waals surface area contributed by atoms with E-state index in [4.69, 9.17) is 4.74 Å². The van der Waals surface area contributed by atoms with Gasteiger partial charge in [0, 0.05) is 71.1 Å². The van der Waals surface area contributed by atoms with Crippen LogP contribution < -0.4 is 5.32 Å². The molecular formula is C26H32F3N5O. The van der Waals surface area contributed by atoms with Gasteiger partial charge in [0.2, 0.25) is 0 Å². The van der Waals surface area contributed by atoms with Gasteiger partial charge in [-0.15, -0.1) is 0 Å². The van der Waals surface area contributed by atoms with E-state index in [1.807, 2.05) is 12.1 Å². The molecule has 188 valence electrons. The fraction of sp³-hybridized carbons (Fsp3) is 0.500. The Labute approximate surface area is 204 Å². The van der Waals surface area contributed by atoms with Crippen molar-refractivity contribution < 1.29 is 17.9 Å². The van der Waals surface area contributed by atoms with Crippen LogP contribution >= 0.6 is 0 Å². The van der Waals surface area contributed by atoms with Crippen molar-refractivity contribution in [2.75, 3.05) is 70.9 Å². The maximum Gasteiger partial charge on any atom is 0.416 e. The first-order valence-corrected chi connectivity index (χ1v) is 12.1. The zero-order chi connectivity index (χ0) is 24.7. The van der Waals surface area contributed by atoms with Gasteiger partial charge >= 0.3 is 6.18 Å². The number of benzene rings is 2. The number of piperazine rings is 1. The Morgan fingerprint density at radius 3 is 2.14 bits per heavy atom. The molecule has 4 rings (SSSR count). The summed E-state index contributed by atoms with van der Waals surface area (Å²) in [5.74, 6) is 0. The first-order chi connectivity index (χ1) is 16.9. The summed E-state index contributed by atoms with van der Waals surface area (Å²) in [6, 6.07) is 13.7. The van der Waals surface area contributed by atoms with Gasteiger partial charge in [0.15, 0.2) is 0 Å². The Balaban J connectivity index is 1.26. The van der Waals surface area contributed by atoms with E-state index in [2.05, 4.69) is 32.2 Å². The fourth-order valence-electron chi connectivity index (χ4n) is 4.53. The van der Waals surface area contributed by atoms with E-state index in [1.54, 1.807) is 12.1 Å². The summed E-state index contributed by atoms with van der Waals surface area (Å²) in [5.41, 5.74) is 3.00. The van der Waals surface area contributed by atoms with E-state index >= 15 is 0 Å². The van der Waals surface area contributed by atoms with Gasteiger partial charge in [0.05, 0.1) is 30.4 Å². The molecule has 2 fully saturated rings. The highest BCUT2D eigenvalue weighted by molar-refractivity contribution is 5.52. The number of hydrogen-bond acceptors (Lipinski definition) is 6. The van der Waals surface area contributed by atoms with Gasteiger partial charge in [-0.1, -0.05) is 12.1 Å². The second-order valence-corrected chi connectivity index (χ2v) is 9.11. The van der Waals surface area contributed by atoms with Crippen molar-refractivity contribution in [3.05, 3.63) is 64.7 Å². The SMILES string of the molecule is N#Cc1ccc(NCCN2CCOCC2)cc1CN1CCN(Cc2ccc(C(F)(F)F)cc2)CC1. The van der Waals surface area contributed by atoms with E-state index in [9.17, 15) is 18.4 Å². The van der Waals surface area contributed by atoms with Crippen molar-refractivity contribution in [1.82, 2.24) is 14.7 Å². The molecule has 2 heterocycles. The summed E-state index contributed by atoms with van der Waals surface area (Å²) in [4.78, 5) is 6.97. The Morgan fingerprint density at radius 1 is 0.857 bits per heavy atom. The van der Waals surface area contributed by atoms with Crippen LogP contribution in [0.15, 0.2) is 42.5 Å². The third-order valence-electron chi connectivity index (χ3n) is 6.63. The van der Waals surface area contributed by atoms with Crippen molar-refractivity contribution in [2.24, 2.45) is 0 Å². The normalized spacial score (nSPS) is 18.3. The maximum absolute atomic E-state index is 12.8. The lowest BCUT2D eigenvalue weighted by Crippen LogP contribution is -2.45. The van der Waals surface area contributed by atoms with Gasteiger partial charge in [-0.05, 0) is 41.5 Å². The van der Waals surface area contributed by atoms with Crippen LogP contribution in [0, 0.1) is 11.3 Å². The summed E-state index contributed by atoms with van der Waals surface area (Å²) in [6.07, 6.45) is -4.30. The summed E-state index contributed by atoms with van der Waals surface area (Å²) < 4.78 is 43.7. The van der Waals surface area contributed by atoms with Gasteiger partial charge in [0.1, 0.15) is 0 Å². The number of rotatable bonds is 8. The summed E-state index contributed by atoms with van der Waals surface area (Å²) in [7, 11) is 0. The van der Waals surface area contributed by atoms with Crippen molar-refractivity contribution >= 4 is 5.69 Å². The standard InChI is InChI=1S/C26H32F3N5O/c27-26(28,29)24-4-1-21(2-5-24)19-33-9-11-34(12-10-33)20-23-17-25(6-3-22(23)18-30)31-7-8-32-13-15-35-16-14-32/h1-6,17,31H,7-16,19-20H2. The third kappa shape index (κ3) is 7.42. The highest BCUT2D eigenvalue weighted by Crippen LogP contribution is 2.29. The van der Waals surface area contributed by atoms with E-state index in [0.29, 0.717) is 18.7 Å². The number of halogens is 3. The fourth-order valence-corrected chi connectivity index (χ4v) is 4.53. The number of nitrogens with one attached hydrogen (secondary N) is 1. The molecular weight excluding hydrogens is 455 g/mol. The lowest BCUT2D eigenvalue weighted by Gasteiger charge is -2.35. The van der Waals surface area contributed by atoms with Gasteiger partial charge < -0.3 is 10.1 Å². The lowest BCUT2D eigenvalue weighted by molar-refractivity contribution is -0.137. The predicted molar refractivity (Wildman–Crippen MR) is 129 cm³/mol. The van der Waals surface area contributed by atoms with E-state index in [1.165, 1.54) is 0 Å². The monoisotopic (exact) mass is 487 g/mol. The molecule has 9 heteroatoms. The molecule has 1 N–H and O–H groups in total. The minimum absolute atomic E-state index is 0.614. The molecule has 0 aliphatic carbocycles. The Bertz CT molecular complexity index is 992. The molecule has 0 bridgehead atoms. The molecule has 35 heavy (non-hydrogen) atoms. The molecule has 0 saturated carbocycles. The van der Waals surface area contributed by atoms with Gasteiger partial charge in [0.25, 0.3) is 0 Å². The molecule has 2 aromatic rings. The zero-order valence-corrected chi connectivity index (χ0v) is 19.9. The summed E-state index contributed by atoms with van der Waals surface area (Å²) in [5, 5.41) is 13.1. The van der Waals surface area contributed by atoms with Crippen LogP contribution in [0.1, 0.15) is 22.3 Å². The quantitative estimate of drug-likeness (QED) is 0.614. The number of alkyl halides is 3. The van der Waals surface area contributed by atoms with Crippen molar-refractivity contribution in [3.63, 3.8) is 0 Å². The zero-order valence-electron chi connectivity index (χ0n) is 19.9. The number of nitrogens with zero attached hydrogens (tertiary/aromatic N) is 4. The topological polar surface area (TPSA) is 54.8 Å². The molecule has 2 aromatic carbocycles. The van der Waals surface area contributed by atoms with Crippen molar-refractivity contribution in [3.8, 4) is 6.07 Å². The average Bonchev–Trinajstić information content (AvgIpc) is 2.86. The minimum atomic E-state index is -4.30. The number of anilines is 1. The van der Waals surface area contributed by atoms with Crippen LogP contribution in [0.2, 0.25) is 0 Å². The van der Waals surface area contributed by atoms with Crippen LogP contribution in [0.25, 0.3) is 0 Å². The largest absolute Gasteiger partial charge is 0.416 e. The van der Waals surface area contributed by atoms with Crippen LogP contribution in [-0.2, 0) is 24.0 Å². The number of ether oxygens (including phenoxy) is 1. The Morgan fingerprint density at radius 2 is 1.51 bits per heavy atom. The maximum atomic E-state index is 12.8. The van der Waals surface area contributed by atoms with Crippen LogP contribution in [0.3, 0.4) is 0 Å². The molecule has 0 spiro atoms. The number of morpholine rings is 1. The van der Waals surface area contributed by atoms with E-state index in [0.717, 1.165) is 94.5 Å². The second kappa shape index (κ2) is 11.9. The van der Waals surface area contributed by atoms with Gasteiger partial charge in [-0.3, -0.25) is 14.7 Å². The van der Waals surface area contributed by atoms with Crippen LogP contribution in [0.4, 0.5) is 18.9 Å². The molecule has 0 atom stereocenters. The smallest absolute Gasteiger partial charge is 0.384 e. The molecule has 2 saturated heterocycles. The Hall–Kier alpha value is -2.64. The first-order valence-electron chi connectivity index (χ1n) is 12.1. The van der Waals surface area contributed by atoms with E-state index < -0.39 is 11.7 Å². The molecule has 0 radical (unpaired) electrons. The number of hydrogen-bond donors (Lipinski definition) is 1. The molecule has 0 amide bonds. The molecule has 0 unspecified atom stereocenters. The van der Waals surface area contributed by atoms with Gasteiger partial charge in [-0.25, -0.2) is 0 Å². The Kier molecular flexibility index (Phi) is 8.63. The molecule has 2 aliphatic heterocycles. The van der Waals surface area contributed by atoms with Crippen molar-refractivity contribution in [1.29, 1.82) is 5.26 Å². The molecule has 2 aliphatic rings. The predicted octanol–water partition coefficient (Wildman–Crippen LogP) is 3.64. The van der Waals surface area contributed by atoms with Gasteiger partial charge in [-0.2, -0.15) is 18.4 Å². The lowest BCUT2D eigenvalue weighted by atomic mass is 10.1. The van der Waals surface area contributed by atoms with Crippen LogP contribution in [-0.4, -0.2) is 80.3 Å². The highest BCUT2D eigenvalue weighted by Gasteiger charge is 2.30. The highest BCUT2D eigenvalue weighted by atomic mass is 19.4. The minimum Gasteiger partial charge on any atom is -0.384 e. The van der Waals surface area contributed by atoms with Crippen LogP contribution in [0.5, 0.6) is 0 Å². The second-order valence-electron chi connectivity index (χ2n) is 9.11.